The summed E-state index contributed by atoms with van der Waals surface area (Å²) in [6, 6.07) is 50.3. The van der Waals surface area contributed by atoms with Crippen molar-refractivity contribution in [3.63, 3.8) is 0 Å². The third-order valence-corrected chi connectivity index (χ3v) is 8.01. The molecular weight excluding hydrogens is 536 g/mol. The first-order valence-corrected chi connectivity index (χ1v) is 14.6. The molecule has 0 N–H and O–H groups in total. The van der Waals surface area contributed by atoms with Gasteiger partial charge in [-0.25, -0.2) is 15.0 Å². The van der Waals surface area contributed by atoms with Gasteiger partial charge in [-0.15, -0.1) is 0 Å². The molecule has 6 aromatic carbocycles. The number of nitrogens with zero attached hydrogens (tertiary/aromatic N) is 4. The number of hydrogen-bond acceptors (Lipinski definition) is 4. The molecule has 4 nitrogen and oxygen atoms in total. The summed E-state index contributed by atoms with van der Waals surface area (Å²) in [6.45, 7) is 0. The van der Waals surface area contributed by atoms with Crippen LogP contribution < -0.4 is 0 Å². The van der Waals surface area contributed by atoms with E-state index in [-0.39, 0.29) is 0 Å². The van der Waals surface area contributed by atoms with Gasteiger partial charge in [-0.05, 0) is 56.4 Å². The lowest BCUT2D eigenvalue weighted by atomic mass is 9.89. The fourth-order valence-electron chi connectivity index (χ4n) is 5.88. The fourth-order valence-corrected chi connectivity index (χ4v) is 5.88. The van der Waals surface area contributed by atoms with Crippen molar-refractivity contribution in [1.82, 2.24) is 19.9 Å². The van der Waals surface area contributed by atoms with Gasteiger partial charge in [0.1, 0.15) is 0 Å². The molecule has 0 spiro atoms. The predicted octanol–water partition coefficient (Wildman–Crippen LogP) is 9.91. The molecule has 206 valence electrons. The van der Waals surface area contributed by atoms with Gasteiger partial charge in [-0.1, -0.05) is 127 Å². The highest BCUT2D eigenvalue weighted by Gasteiger charge is 2.19. The maximum Gasteiger partial charge on any atom is 0.164 e. The first-order valence-electron chi connectivity index (χ1n) is 14.6. The number of aromatic nitrogens is 4. The van der Waals surface area contributed by atoms with E-state index < -0.39 is 0 Å². The minimum absolute atomic E-state index is 0.621. The lowest BCUT2D eigenvalue weighted by molar-refractivity contribution is 1.07. The standard InChI is InChI=1S/C40H26N4/c1-3-12-27(13-4-1)38-42-39(28-14-5-2-6-15-28)44-40(43-38)37-24-29(31-17-11-23-41-26-31)21-22-35(37)36-25-30-16-7-8-18-32(30)33-19-9-10-20-34(33)36/h1-26H. The van der Waals surface area contributed by atoms with Gasteiger partial charge < -0.3 is 0 Å². The Hall–Kier alpha value is -6.00. The molecule has 4 heteroatoms. The summed E-state index contributed by atoms with van der Waals surface area (Å²) in [7, 11) is 0. The van der Waals surface area contributed by atoms with Gasteiger partial charge in [-0.2, -0.15) is 0 Å². The second-order valence-electron chi connectivity index (χ2n) is 10.7. The van der Waals surface area contributed by atoms with Crippen LogP contribution in [0.25, 0.3) is 78.0 Å². The number of benzene rings is 6. The molecule has 8 aromatic rings. The average Bonchev–Trinajstić information content (AvgIpc) is 3.12. The van der Waals surface area contributed by atoms with Crippen molar-refractivity contribution < 1.29 is 0 Å². The molecule has 0 unspecified atom stereocenters. The van der Waals surface area contributed by atoms with E-state index in [9.17, 15) is 0 Å². The van der Waals surface area contributed by atoms with Crippen molar-refractivity contribution in [3.05, 3.63) is 158 Å². The van der Waals surface area contributed by atoms with Gasteiger partial charge in [0, 0.05) is 34.6 Å². The molecule has 0 fully saturated rings. The smallest absolute Gasteiger partial charge is 0.164 e. The molecule has 8 rings (SSSR count). The first-order chi connectivity index (χ1) is 21.8. The van der Waals surface area contributed by atoms with E-state index in [2.05, 4.69) is 83.8 Å². The van der Waals surface area contributed by atoms with E-state index in [1.54, 1.807) is 6.20 Å². The molecule has 44 heavy (non-hydrogen) atoms. The normalized spacial score (nSPS) is 11.2. The van der Waals surface area contributed by atoms with Gasteiger partial charge in [0.05, 0.1) is 0 Å². The molecule has 0 radical (unpaired) electrons. The second-order valence-corrected chi connectivity index (χ2v) is 10.7. The topological polar surface area (TPSA) is 51.6 Å². The van der Waals surface area contributed by atoms with Crippen molar-refractivity contribution in [2.45, 2.75) is 0 Å². The second kappa shape index (κ2) is 11.0. The zero-order chi connectivity index (χ0) is 29.3. The predicted molar refractivity (Wildman–Crippen MR) is 180 cm³/mol. The van der Waals surface area contributed by atoms with Gasteiger partial charge >= 0.3 is 0 Å². The first kappa shape index (κ1) is 25.7. The molecule has 2 heterocycles. The molecule has 0 amide bonds. The zero-order valence-electron chi connectivity index (χ0n) is 23.8. The molecule has 0 aliphatic carbocycles. The van der Waals surface area contributed by atoms with Crippen LogP contribution in [0, 0.1) is 0 Å². The van der Waals surface area contributed by atoms with E-state index >= 15 is 0 Å². The van der Waals surface area contributed by atoms with Crippen LogP contribution >= 0.6 is 0 Å². The third-order valence-electron chi connectivity index (χ3n) is 8.01. The van der Waals surface area contributed by atoms with Crippen molar-refractivity contribution in [2.75, 3.05) is 0 Å². The lowest BCUT2D eigenvalue weighted by Crippen LogP contribution is -2.01. The highest BCUT2D eigenvalue weighted by Crippen LogP contribution is 2.41. The minimum Gasteiger partial charge on any atom is -0.264 e. The van der Waals surface area contributed by atoms with Crippen LogP contribution in [0.5, 0.6) is 0 Å². The zero-order valence-corrected chi connectivity index (χ0v) is 23.8. The van der Waals surface area contributed by atoms with Gasteiger partial charge in [0.15, 0.2) is 17.5 Å². The monoisotopic (exact) mass is 562 g/mol. The third kappa shape index (κ3) is 4.69. The summed E-state index contributed by atoms with van der Waals surface area (Å²) in [4.78, 5) is 19.6. The molecule has 0 atom stereocenters. The van der Waals surface area contributed by atoms with E-state index in [0.717, 1.165) is 38.9 Å². The average molecular weight is 563 g/mol. The SMILES string of the molecule is c1ccc(-c2nc(-c3ccccc3)nc(-c3cc(-c4cccnc4)ccc3-c3cc4ccccc4c4ccccc34)n2)cc1. The summed E-state index contributed by atoms with van der Waals surface area (Å²) in [5.41, 5.74) is 7.08. The van der Waals surface area contributed by atoms with Crippen LogP contribution in [-0.4, -0.2) is 19.9 Å². The molecule has 0 aliphatic heterocycles. The van der Waals surface area contributed by atoms with Gasteiger partial charge in [0.25, 0.3) is 0 Å². The Morgan fingerprint density at radius 3 is 1.61 bits per heavy atom. The van der Waals surface area contributed by atoms with Crippen LogP contribution in [0.1, 0.15) is 0 Å². The fraction of sp³-hybridized carbons (Fsp3) is 0. The summed E-state index contributed by atoms with van der Waals surface area (Å²) in [5.74, 6) is 1.89. The molecule has 0 aliphatic rings. The molecular formula is C40H26N4. The van der Waals surface area contributed by atoms with Crippen LogP contribution in [0.4, 0.5) is 0 Å². The van der Waals surface area contributed by atoms with Crippen LogP contribution in [0.3, 0.4) is 0 Å². The summed E-state index contributed by atoms with van der Waals surface area (Å²) in [5, 5.41) is 4.82. The highest BCUT2D eigenvalue weighted by atomic mass is 15.0. The number of rotatable bonds is 5. The van der Waals surface area contributed by atoms with Gasteiger partial charge in [-0.3, -0.25) is 4.98 Å². The van der Waals surface area contributed by atoms with E-state index in [4.69, 9.17) is 15.0 Å². The number of hydrogen-bond donors (Lipinski definition) is 0. The quantitative estimate of drug-likeness (QED) is 0.196. The van der Waals surface area contributed by atoms with Crippen LogP contribution in [0.15, 0.2) is 158 Å². The number of fused-ring (bicyclic) bond motifs is 3. The summed E-state index contributed by atoms with van der Waals surface area (Å²) < 4.78 is 0. The Balaban J connectivity index is 1.44. The molecule has 0 saturated carbocycles. The Morgan fingerprint density at radius 1 is 0.341 bits per heavy atom. The Kier molecular flexibility index (Phi) is 6.43. The maximum atomic E-state index is 5.12. The van der Waals surface area contributed by atoms with Gasteiger partial charge in [0.2, 0.25) is 0 Å². The molecule has 2 aromatic heterocycles. The van der Waals surface area contributed by atoms with E-state index in [1.807, 2.05) is 72.9 Å². The largest absolute Gasteiger partial charge is 0.264 e. The van der Waals surface area contributed by atoms with Crippen molar-refractivity contribution in [2.24, 2.45) is 0 Å². The van der Waals surface area contributed by atoms with Crippen LogP contribution in [-0.2, 0) is 0 Å². The maximum absolute atomic E-state index is 5.12. The van der Waals surface area contributed by atoms with Crippen molar-refractivity contribution >= 4 is 21.5 Å². The van der Waals surface area contributed by atoms with E-state index in [0.29, 0.717) is 17.5 Å². The summed E-state index contributed by atoms with van der Waals surface area (Å²) >= 11 is 0. The number of pyridine rings is 1. The minimum atomic E-state index is 0.621. The summed E-state index contributed by atoms with van der Waals surface area (Å²) in [6.07, 6.45) is 3.69. The molecule has 0 saturated heterocycles. The highest BCUT2D eigenvalue weighted by molar-refractivity contribution is 6.14. The molecule has 0 bridgehead atoms. The van der Waals surface area contributed by atoms with E-state index in [1.165, 1.54) is 21.5 Å². The van der Waals surface area contributed by atoms with Crippen LogP contribution in [0.2, 0.25) is 0 Å². The lowest BCUT2D eigenvalue weighted by Gasteiger charge is -2.16. The Labute approximate surface area is 255 Å². The van der Waals surface area contributed by atoms with Crippen molar-refractivity contribution in [3.8, 4) is 56.4 Å². The van der Waals surface area contributed by atoms with Crippen molar-refractivity contribution in [1.29, 1.82) is 0 Å². The Bertz CT molecular complexity index is 2210. The Morgan fingerprint density at radius 2 is 0.932 bits per heavy atom.